The number of para-hydroxylation sites is 1. The van der Waals surface area contributed by atoms with Gasteiger partial charge in [0.05, 0.1) is 18.1 Å². The monoisotopic (exact) mass is 511 g/mol. The van der Waals surface area contributed by atoms with Crippen molar-refractivity contribution in [2.45, 2.75) is 36.6 Å². The number of carboxylic acids is 1. The van der Waals surface area contributed by atoms with Crippen molar-refractivity contribution in [3.8, 4) is 28.4 Å². The minimum absolute atomic E-state index is 0.0698. The Morgan fingerprint density at radius 2 is 1.81 bits per heavy atom. The number of nitrogens with one attached hydrogen (secondary N) is 1. The van der Waals surface area contributed by atoms with E-state index in [9.17, 15) is 19.4 Å². The fourth-order valence-electron chi connectivity index (χ4n) is 4.43. The fraction of sp³-hybridized carbons (Fsp3) is 0.321. The van der Waals surface area contributed by atoms with Crippen molar-refractivity contribution in [3.05, 3.63) is 72.0 Å². The number of thioether (sulfide) groups is 1. The Hall–Kier alpha value is -3.23. The molecule has 2 atom stereocenters. The number of carbonyl (C=O) groups is 1. The molecule has 3 aromatic carbocycles. The third-order valence-corrected chi connectivity index (χ3v) is 7.05. The van der Waals surface area contributed by atoms with Crippen LogP contribution in [0.3, 0.4) is 0 Å². The molecule has 1 fully saturated rings. The van der Waals surface area contributed by atoms with Crippen LogP contribution in [0.4, 0.5) is 4.39 Å². The average molecular weight is 512 g/mol. The van der Waals surface area contributed by atoms with Crippen molar-refractivity contribution in [2.24, 2.45) is 0 Å². The lowest BCUT2D eigenvalue weighted by Gasteiger charge is -2.19. The SMILES string of the molecule is CCSc1cc(-c2ccc(F)cc2)c(O)cc1OCCCOc1ccccc1C1CCNC1C(=O)O. The zero-order valence-electron chi connectivity index (χ0n) is 20.1. The predicted molar refractivity (Wildman–Crippen MR) is 139 cm³/mol. The summed E-state index contributed by atoms with van der Waals surface area (Å²) in [4.78, 5) is 12.5. The minimum Gasteiger partial charge on any atom is -0.507 e. The van der Waals surface area contributed by atoms with Crippen LogP contribution in [0, 0.1) is 5.82 Å². The zero-order valence-corrected chi connectivity index (χ0v) is 20.9. The first-order valence-corrected chi connectivity index (χ1v) is 13.0. The number of carboxylic acid groups (broad SMARTS) is 1. The molecule has 0 aliphatic carbocycles. The molecule has 0 radical (unpaired) electrons. The van der Waals surface area contributed by atoms with Crippen molar-refractivity contribution >= 4 is 17.7 Å². The Morgan fingerprint density at radius 1 is 1.08 bits per heavy atom. The number of benzene rings is 3. The molecule has 0 amide bonds. The van der Waals surface area contributed by atoms with Gasteiger partial charge in [-0.25, -0.2) is 4.39 Å². The van der Waals surface area contributed by atoms with E-state index in [-0.39, 0.29) is 17.5 Å². The smallest absolute Gasteiger partial charge is 0.321 e. The van der Waals surface area contributed by atoms with E-state index in [1.165, 1.54) is 12.1 Å². The second kappa shape index (κ2) is 12.1. The van der Waals surface area contributed by atoms with Gasteiger partial charge in [0, 0.05) is 24.0 Å². The molecular weight excluding hydrogens is 481 g/mol. The van der Waals surface area contributed by atoms with E-state index in [1.54, 1.807) is 30.0 Å². The highest BCUT2D eigenvalue weighted by atomic mass is 32.2. The Bertz CT molecular complexity index is 1190. The van der Waals surface area contributed by atoms with Gasteiger partial charge in [0.1, 0.15) is 29.1 Å². The van der Waals surface area contributed by atoms with Gasteiger partial charge >= 0.3 is 5.97 Å². The summed E-state index contributed by atoms with van der Waals surface area (Å²) in [6.07, 6.45) is 1.35. The molecule has 0 aromatic heterocycles. The maximum atomic E-state index is 13.3. The average Bonchev–Trinajstić information content (AvgIpc) is 3.36. The molecule has 8 heteroatoms. The third kappa shape index (κ3) is 6.12. The van der Waals surface area contributed by atoms with Gasteiger partial charge in [0.15, 0.2) is 0 Å². The minimum atomic E-state index is -0.852. The number of ether oxygens (including phenoxy) is 2. The Labute approximate surface area is 214 Å². The summed E-state index contributed by atoms with van der Waals surface area (Å²) in [6.45, 7) is 3.50. The molecule has 1 aliphatic heterocycles. The fourth-order valence-corrected chi connectivity index (χ4v) is 5.20. The van der Waals surface area contributed by atoms with Crippen LogP contribution in [0.25, 0.3) is 11.1 Å². The number of aliphatic carboxylic acids is 1. The van der Waals surface area contributed by atoms with Crippen LogP contribution in [0.5, 0.6) is 17.2 Å². The van der Waals surface area contributed by atoms with E-state index < -0.39 is 12.0 Å². The first kappa shape index (κ1) is 25.9. The van der Waals surface area contributed by atoms with Crippen molar-refractivity contribution in [2.75, 3.05) is 25.5 Å². The maximum Gasteiger partial charge on any atom is 0.321 e. The van der Waals surface area contributed by atoms with E-state index in [0.717, 1.165) is 28.2 Å². The lowest BCUT2D eigenvalue weighted by Crippen LogP contribution is -2.34. The first-order valence-electron chi connectivity index (χ1n) is 12.0. The molecule has 1 aliphatic rings. The van der Waals surface area contributed by atoms with Crippen molar-refractivity contribution in [1.29, 1.82) is 0 Å². The second-order valence-electron chi connectivity index (χ2n) is 8.51. The van der Waals surface area contributed by atoms with Crippen LogP contribution in [0.15, 0.2) is 65.6 Å². The number of aromatic hydroxyl groups is 1. The first-order chi connectivity index (χ1) is 17.5. The Kier molecular flexibility index (Phi) is 8.72. The molecule has 3 N–H and O–H groups in total. The summed E-state index contributed by atoms with van der Waals surface area (Å²) >= 11 is 1.61. The molecule has 0 saturated carbocycles. The molecular formula is C28H30FNO5S. The lowest BCUT2D eigenvalue weighted by atomic mass is 9.91. The van der Waals surface area contributed by atoms with Gasteiger partial charge in [0.2, 0.25) is 0 Å². The van der Waals surface area contributed by atoms with Crippen LogP contribution >= 0.6 is 11.8 Å². The maximum absolute atomic E-state index is 13.3. The number of hydrogen-bond donors (Lipinski definition) is 3. The summed E-state index contributed by atoms with van der Waals surface area (Å²) < 4.78 is 25.3. The number of hydrogen-bond acceptors (Lipinski definition) is 6. The molecule has 1 heterocycles. The molecule has 36 heavy (non-hydrogen) atoms. The normalized spacial score (nSPS) is 17.2. The van der Waals surface area contributed by atoms with E-state index in [4.69, 9.17) is 9.47 Å². The quantitative estimate of drug-likeness (QED) is 0.225. The highest BCUT2D eigenvalue weighted by Gasteiger charge is 2.35. The van der Waals surface area contributed by atoms with E-state index in [2.05, 4.69) is 5.32 Å². The third-order valence-electron chi connectivity index (χ3n) is 6.13. The van der Waals surface area contributed by atoms with Crippen molar-refractivity contribution in [3.63, 3.8) is 0 Å². The molecule has 190 valence electrons. The van der Waals surface area contributed by atoms with E-state index >= 15 is 0 Å². The summed E-state index contributed by atoms with van der Waals surface area (Å²) in [6, 6.07) is 16.5. The van der Waals surface area contributed by atoms with Gasteiger partial charge in [-0.15, -0.1) is 11.8 Å². The summed E-state index contributed by atoms with van der Waals surface area (Å²) in [5.74, 6) is 0.875. The number of phenols is 1. The summed E-state index contributed by atoms with van der Waals surface area (Å²) in [7, 11) is 0. The van der Waals surface area contributed by atoms with Gasteiger partial charge < -0.3 is 25.0 Å². The lowest BCUT2D eigenvalue weighted by molar-refractivity contribution is -0.139. The predicted octanol–water partition coefficient (Wildman–Crippen LogP) is 5.69. The number of phenolic OH excluding ortho intramolecular Hbond substituents is 1. The van der Waals surface area contributed by atoms with Crippen LogP contribution in [-0.2, 0) is 4.79 Å². The molecule has 6 nitrogen and oxygen atoms in total. The molecule has 0 spiro atoms. The Balaban J connectivity index is 1.37. The zero-order chi connectivity index (χ0) is 25.5. The number of halogens is 1. The van der Waals surface area contributed by atoms with Gasteiger partial charge in [-0.3, -0.25) is 4.79 Å². The van der Waals surface area contributed by atoms with Gasteiger partial charge in [-0.2, -0.15) is 0 Å². The Morgan fingerprint density at radius 3 is 2.53 bits per heavy atom. The van der Waals surface area contributed by atoms with Crippen molar-refractivity contribution < 1.29 is 28.9 Å². The largest absolute Gasteiger partial charge is 0.507 e. The van der Waals surface area contributed by atoms with E-state index in [0.29, 0.717) is 43.2 Å². The van der Waals surface area contributed by atoms with Crippen LogP contribution in [0.1, 0.15) is 31.2 Å². The van der Waals surface area contributed by atoms with E-state index in [1.807, 2.05) is 37.3 Å². The molecule has 3 aromatic rings. The molecule has 1 saturated heterocycles. The second-order valence-corrected chi connectivity index (χ2v) is 9.82. The summed E-state index contributed by atoms with van der Waals surface area (Å²) in [5.41, 5.74) is 2.26. The molecule has 0 bridgehead atoms. The van der Waals surface area contributed by atoms with Crippen LogP contribution in [0.2, 0.25) is 0 Å². The topological polar surface area (TPSA) is 88.0 Å². The highest BCUT2D eigenvalue weighted by Crippen LogP contribution is 2.40. The van der Waals surface area contributed by atoms with Crippen molar-refractivity contribution in [1.82, 2.24) is 5.32 Å². The van der Waals surface area contributed by atoms with Gasteiger partial charge in [-0.1, -0.05) is 37.3 Å². The molecule has 4 rings (SSSR count). The molecule has 2 unspecified atom stereocenters. The summed E-state index contributed by atoms with van der Waals surface area (Å²) in [5, 5.41) is 23.2. The van der Waals surface area contributed by atoms with Gasteiger partial charge in [0.25, 0.3) is 0 Å². The van der Waals surface area contributed by atoms with Crippen LogP contribution < -0.4 is 14.8 Å². The number of rotatable bonds is 11. The van der Waals surface area contributed by atoms with Crippen LogP contribution in [-0.4, -0.2) is 47.7 Å². The van der Waals surface area contributed by atoms with Gasteiger partial charge in [-0.05, 0) is 54.1 Å². The highest BCUT2D eigenvalue weighted by molar-refractivity contribution is 7.99. The standard InChI is InChI=1S/C28H30FNO5S/c1-2-36-26-16-22(18-8-10-19(29)11-9-18)23(31)17-25(26)35-15-5-14-34-24-7-4-3-6-20(24)21-12-13-30-27(21)28(32)33/h3-4,6-11,16-17,21,27,30-31H,2,5,12-15H2,1H3,(H,32,33).